The molecule has 0 aliphatic rings. The first-order chi connectivity index (χ1) is 7.78. The zero-order valence-electron chi connectivity index (χ0n) is 9.69. The molecule has 2 nitrogen and oxygen atoms in total. The number of furan rings is 1. The summed E-state index contributed by atoms with van der Waals surface area (Å²) in [5.74, 6) is 1.95. The zero-order chi connectivity index (χ0) is 11.4. The molecule has 0 saturated carbocycles. The minimum Gasteiger partial charge on any atom is -0.497 e. The molecule has 16 heavy (non-hydrogen) atoms. The molecule has 0 spiro atoms. The molecule has 1 aromatic heterocycles. The number of hydrogen-bond donors (Lipinski definition) is 0. The standard InChI is InChI=1S/C14H16O2/c1-11-8-12(10-14(9-11)15-2)5-6-13-4-3-7-16-13/h3-4,7-10H,5-6H2,1-2H3. The van der Waals surface area contributed by atoms with Gasteiger partial charge in [-0.2, -0.15) is 0 Å². The van der Waals surface area contributed by atoms with E-state index in [0.29, 0.717) is 0 Å². The second kappa shape index (κ2) is 4.88. The van der Waals surface area contributed by atoms with E-state index in [1.165, 1.54) is 11.1 Å². The highest BCUT2D eigenvalue weighted by molar-refractivity contribution is 5.34. The maximum atomic E-state index is 5.31. The van der Waals surface area contributed by atoms with Gasteiger partial charge in [0.1, 0.15) is 11.5 Å². The smallest absolute Gasteiger partial charge is 0.119 e. The van der Waals surface area contributed by atoms with Crippen molar-refractivity contribution >= 4 is 0 Å². The van der Waals surface area contributed by atoms with Gasteiger partial charge in [0.2, 0.25) is 0 Å². The van der Waals surface area contributed by atoms with E-state index in [1.54, 1.807) is 13.4 Å². The molecule has 2 rings (SSSR count). The molecule has 2 heteroatoms. The number of ether oxygens (including phenoxy) is 1. The van der Waals surface area contributed by atoms with Gasteiger partial charge in [-0.25, -0.2) is 0 Å². The largest absolute Gasteiger partial charge is 0.497 e. The van der Waals surface area contributed by atoms with Crippen molar-refractivity contribution in [1.82, 2.24) is 0 Å². The molecule has 0 saturated heterocycles. The molecule has 0 fully saturated rings. The molecule has 0 aliphatic carbocycles. The zero-order valence-corrected chi connectivity index (χ0v) is 9.69. The van der Waals surface area contributed by atoms with E-state index >= 15 is 0 Å². The van der Waals surface area contributed by atoms with Crippen LogP contribution >= 0.6 is 0 Å². The summed E-state index contributed by atoms with van der Waals surface area (Å²) in [4.78, 5) is 0. The van der Waals surface area contributed by atoms with Gasteiger partial charge in [0.25, 0.3) is 0 Å². The molecule has 0 radical (unpaired) electrons. The van der Waals surface area contributed by atoms with Crippen molar-refractivity contribution < 1.29 is 9.15 Å². The molecule has 1 aromatic carbocycles. The summed E-state index contributed by atoms with van der Waals surface area (Å²) in [6, 6.07) is 10.2. The second-order valence-corrected chi connectivity index (χ2v) is 3.94. The number of aryl methyl sites for hydroxylation is 3. The van der Waals surface area contributed by atoms with Crippen LogP contribution in [0.25, 0.3) is 0 Å². The fraction of sp³-hybridized carbons (Fsp3) is 0.286. The maximum absolute atomic E-state index is 5.31. The maximum Gasteiger partial charge on any atom is 0.119 e. The first-order valence-electron chi connectivity index (χ1n) is 5.45. The Kier molecular flexibility index (Phi) is 3.30. The van der Waals surface area contributed by atoms with E-state index < -0.39 is 0 Å². The lowest BCUT2D eigenvalue weighted by Crippen LogP contribution is -1.92. The molecule has 0 aliphatic heterocycles. The van der Waals surface area contributed by atoms with Gasteiger partial charge in [0, 0.05) is 6.42 Å². The van der Waals surface area contributed by atoms with Crippen molar-refractivity contribution in [3.8, 4) is 5.75 Å². The Morgan fingerprint density at radius 2 is 2.06 bits per heavy atom. The molecular formula is C14H16O2. The van der Waals surface area contributed by atoms with E-state index in [4.69, 9.17) is 9.15 Å². The number of benzene rings is 1. The molecule has 0 atom stereocenters. The Labute approximate surface area is 95.9 Å². The third-order valence-corrected chi connectivity index (χ3v) is 2.59. The summed E-state index contributed by atoms with van der Waals surface area (Å²) < 4.78 is 10.6. The molecule has 84 valence electrons. The van der Waals surface area contributed by atoms with E-state index in [-0.39, 0.29) is 0 Å². The van der Waals surface area contributed by atoms with Crippen LogP contribution in [0.1, 0.15) is 16.9 Å². The van der Waals surface area contributed by atoms with E-state index in [9.17, 15) is 0 Å². The average Bonchev–Trinajstić information content (AvgIpc) is 2.78. The molecule has 0 N–H and O–H groups in total. The van der Waals surface area contributed by atoms with Gasteiger partial charge in [-0.1, -0.05) is 6.07 Å². The monoisotopic (exact) mass is 216 g/mol. The highest BCUT2D eigenvalue weighted by Gasteiger charge is 2.01. The van der Waals surface area contributed by atoms with Crippen molar-refractivity contribution in [3.63, 3.8) is 0 Å². The molecular weight excluding hydrogens is 200 g/mol. The van der Waals surface area contributed by atoms with Gasteiger partial charge in [0.05, 0.1) is 13.4 Å². The quantitative estimate of drug-likeness (QED) is 0.781. The summed E-state index contributed by atoms with van der Waals surface area (Å²) in [5, 5.41) is 0. The number of rotatable bonds is 4. The Morgan fingerprint density at radius 3 is 2.75 bits per heavy atom. The highest BCUT2D eigenvalue weighted by Crippen LogP contribution is 2.18. The minimum absolute atomic E-state index is 0.925. The fourth-order valence-corrected chi connectivity index (χ4v) is 1.81. The molecule has 0 amide bonds. The third kappa shape index (κ3) is 2.66. The highest BCUT2D eigenvalue weighted by atomic mass is 16.5. The lowest BCUT2D eigenvalue weighted by Gasteiger charge is -2.06. The average molecular weight is 216 g/mol. The molecule has 2 aromatic rings. The van der Waals surface area contributed by atoms with E-state index in [0.717, 1.165) is 24.4 Å². The predicted molar refractivity (Wildman–Crippen MR) is 63.8 cm³/mol. The van der Waals surface area contributed by atoms with Crippen LogP contribution in [0, 0.1) is 6.92 Å². The van der Waals surface area contributed by atoms with Crippen LogP contribution in [0.15, 0.2) is 41.0 Å². The lowest BCUT2D eigenvalue weighted by atomic mass is 10.1. The molecule has 1 heterocycles. The number of hydrogen-bond acceptors (Lipinski definition) is 2. The SMILES string of the molecule is COc1cc(C)cc(CCc2ccco2)c1. The van der Waals surface area contributed by atoms with Crippen molar-refractivity contribution in [3.05, 3.63) is 53.5 Å². The van der Waals surface area contributed by atoms with Crippen molar-refractivity contribution in [1.29, 1.82) is 0 Å². The van der Waals surface area contributed by atoms with Gasteiger partial charge in [0.15, 0.2) is 0 Å². The van der Waals surface area contributed by atoms with Gasteiger partial charge in [-0.05, 0) is 48.7 Å². The van der Waals surface area contributed by atoms with Crippen LogP contribution in [0.4, 0.5) is 0 Å². The third-order valence-electron chi connectivity index (χ3n) is 2.59. The Bertz CT molecular complexity index is 444. The van der Waals surface area contributed by atoms with Crippen LogP contribution in [0.3, 0.4) is 0 Å². The summed E-state index contributed by atoms with van der Waals surface area (Å²) in [6.45, 7) is 2.08. The Balaban J connectivity index is 2.06. The fourth-order valence-electron chi connectivity index (χ4n) is 1.81. The second-order valence-electron chi connectivity index (χ2n) is 3.94. The van der Waals surface area contributed by atoms with Gasteiger partial charge in [-0.15, -0.1) is 0 Å². The Morgan fingerprint density at radius 1 is 1.19 bits per heavy atom. The first-order valence-corrected chi connectivity index (χ1v) is 5.45. The van der Waals surface area contributed by atoms with Crippen LogP contribution in [0.5, 0.6) is 5.75 Å². The van der Waals surface area contributed by atoms with Crippen molar-refractivity contribution in [2.45, 2.75) is 19.8 Å². The summed E-state index contributed by atoms with van der Waals surface area (Å²) in [6.07, 6.45) is 3.62. The molecule has 0 unspecified atom stereocenters. The van der Waals surface area contributed by atoms with Gasteiger partial charge >= 0.3 is 0 Å². The summed E-state index contributed by atoms with van der Waals surface area (Å²) in [7, 11) is 1.70. The summed E-state index contributed by atoms with van der Waals surface area (Å²) in [5.41, 5.74) is 2.52. The van der Waals surface area contributed by atoms with Gasteiger partial charge < -0.3 is 9.15 Å². The lowest BCUT2D eigenvalue weighted by molar-refractivity contribution is 0.414. The first kappa shape index (κ1) is 10.8. The van der Waals surface area contributed by atoms with Crippen LogP contribution in [-0.4, -0.2) is 7.11 Å². The minimum atomic E-state index is 0.925. The summed E-state index contributed by atoms with van der Waals surface area (Å²) >= 11 is 0. The van der Waals surface area contributed by atoms with E-state index in [1.807, 2.05) is 18.2 Å². The topological polar surface area (TPSA) is 22.4 Å². The van der Waals surface area contributed by atoms with Crippen LogP contribution in [0.2, 0.25) is 0 Å². The Hall–Kier alpha value is -1.70. The normalized spacial score (nSPS) is 10.4. The predicted octanol–water partition coefficient (Wildman–Crippen LogP) is 3.38. The van der Waals surface area contributed by atoms with Crippen molar-refractivity contribution in [2.24, 2.45) is 0 Å². The van der Waals surface area contributed by atoms with Gasteiger partial charge in [-0.3, -0.25) is 0 Å². The van der Waals surface area contributed by atoms with Crippen LogP contribution < -0.4 is 4.74 Å². The van der Waals surface area contributed by atoms with E-state index in [2.05, 4.69) is 19.1 Å². The van der Waals surface area contributed by atoms with Crippen molar-refractivity contribution in [2.75, 3.05) is 7.11 Å². The molecule has 0 bridgehead atoms. The van der Waals surface area contributed by atoms with Crippen LogP contribution in [-0.2, 0) is 12.8 Å². The number of methoxy groups -OCH3 is 1.